The largest absolute Gasteiger partial charge is 0.478 e. The number of carboxylic acids is 1. The summed E-state index contributed by atoms with van der Waals surface area (Å²) in [5.41, 5.74) is 3.57. The number of hydrogen-bond donors (Lipinski definition) is 2. The van der Waals surface area contributed by atoms with Gasteiger partial charge >= 0.3 is 5.97 Å². The summed E-state index contributed by atoms with van der Waals surface area (Å²) in [6, 6.07) is 7.11. The third kappa shape index (κ3) is 3.24. The Bertz CT molecular complexity index is 602. The van der Waals surface area contributed by atoms with Gasteiger partial charge in [0.25, 0.3) is 0 Å². The summed E-state index contributed by atoms with van der Waals surface area (Å²) in [4.78, 5) is 10.8. The smallest absolute Gasteiger partial charge is 0.335 e. The van der Waals surface area contributed by atoms with E-state index in [0.29, 0.717) is 12.1 Å². The third-order valence-corrected chi connectivity index (χ3v) is 3.33. The van der Waals surface area contributed by atoms with Crippen LogP contribution in [0.2, 0.25) is 0 Å². The second-order valence-corrected chi connectivity index (χ2v) is 4.95. The summed E-state index contributed by atoms with van der Waals surface area (Å²) in [6.07, 6.45) is 2.01. The Morgan fingerprint density at radius 1 is 1.40 bits per heavy atom. The molecule has 1 unspecified atom stereocenters. The predicted molar refractivity (Wildman–Crippen MR) is 76.6 cm³/mol. The highest BCUT2D eigenvalue weighted by Crippen LogP contribution is 2.16. The number of rotatable bonds is 5. The van der Waals surface area contributed by atoms with Crippen LogP contribution < -0.4 is 5.32 Å². The van der Waals surface area contributed by atoms with Gasteiger partial charge in [-0.15, -0.1) is 0 Å². The van der Waals surface area contributed by atoms with E-state index < -0.39 is 5.97 Å². The monoisotopic (exact) mass is 273 g/mol. The molecule has 2 aromatic rings. The molecule has 5 heteroatoms. The van der Waals surface area contributed by atoms with Crippen LogP contribution in [-0.4, -0.2) is 20.9 Å². The van der Waals surface area contributed by atoms with Crippen LogP contribution in [0.5, 0.6) is 0 Å². The van der Waals surface area contributed by atoms with Crippen LogP contribution in [0.15, 0.2) is 30.5 Å². The van der Waals surface area contributed by atoms with E-state index in [4.69, 9.17) is 5.11 Å². The number of nitrogens with zero attached hydrogens (tertiary/aromatic N) is 2. The van der Waals surface area contributed by atoms with Gasteiger partial charge in [-0.05, 0) is 31.5 Å². The van der Waals surface area contributed by atoms with E-state index in [2.05, 4.69) is 17.3 Å². The van der Waals surface area contributed by atoms with Crippen LogP contribution in [0.3, 0.4) is 0 Å². The van der Waals surface area contributed by atoms with E-state index in [1.54, 1.807) is 12.1 Å². The molecule has 2 N–H and O–H groups in total. The zero-order valence-corrected chi connectivity index (χ0v) is 11.9. The zero-order valence-electron chi connectivity index (χ0n) is 11.9. The molecule has 1 atom stereocenters. The summed E-state index contributed by atoms with van der Waals surface area (Å²) >= 11 is 0. The number of carbonyl (C=O) groups is 1. The van der Waals surface area contributed by atoms with Gasteiger partial charge in [-0.25, -0.2) is 4.79 Å². The lowest BCUT2D eigenvalue weighted by molar-refractivity contribution is 0.0697. The molecule has 0 spiro atoms. The fraction of sp³-hybridized carbons (Fsp3) is 0.333. The van der Waals surface area contributed by atoms with Crippen molar-refractivity contribution in [2.45, 2.75) is 26.4 Å². The van der Waals surface area contributed by atoms with Gasteiger partial charge < -0.3 is 10.4 Å². The summed E-state index contributed by atoms with van der Waals surface area (Å²) in [5.74, 6) is -0.899. The first kappa shape index (κ1) is 14.3. The summed E-state index contributed by atoms with van der Waals surface area (Å²) in [6.45, 7) is 4.78. The van der Waals surface area contributed by atoms with E-state index in [0.717, 1.165) is 11.3 Å². The molecular formula is C15H19N3O2. The van der Waals surface area contributed by atoms with E-state index in [-0.39, 0.29) is 6.04 Å². The lowest BCUT2D eigenvalue weighted by Gasteiger charge is -2.13. The Kier molecular flexibility index (Phi) is 4.20. The molecule has 106 valence electrons. The van der Waals surface area contributed by atoms with Crippen LogP contribution in [0.4, 0.5) is 0 Å². The Morgan fingerprint density at radius 2 is 2.05 bits per heavy atom. The van der Waals surface area contributed by atoms with Crippen LogP contribution >= 0.6 is 0 Å². The van der Waals surface area contributed by atoms with Crippen LogP contribution in [0.1, 0.15) is 40.1 Å². The van der Waals surface area contributed by atoms with Gasteiger partial charge in [-0.2, -0.15) is 5.10 Å². The first-order valence-electron chi connectivity index (χ1n) is 6.53. The SMILES string of the molecule is Cc1nn(C)cc1C(C)NCc1ccc(C(=O)O)cc1. The lowest BCUT2D eigenvalue weighted by atomic mass is 10.1. The molecule has 5 nitrogen and oxygen atoms in total. The predicted octanol–water partition coefficient (Wildman–Crippen LogP) is 2.28. The van der Waals surface area contributed by atoms with E-state index >= 15 is 0 Å². The lowest BCUT2D eigenvalue weighted by Crippen LogP contribution is -2.18. The van der Waals surface area contributed by atoms with Crippen molar-refractivity contribution in [2.75, 3.05) is 0 Å². The molecule has 0 aliphatic heterocycles. The Balaban J connectivity index is 1.98. The van der Waals surface area contributed by atoms with Crippen molar-refractivity contribution in [1.29, 1.82) is 0 Å². The number of aromatic nitrogens is 2. The fourth-order valence-electron chi connectivity index (χ4n) is 2.19. The molecule has 1 heterocycles. The van der Waals surface area contributed by atoms with Gasteiger partial charge in [-0.1, -0.05) is 12.1 Å². The molecule has 0 bridgehead atoms. The highest BCUT2D eigenvalue weighted by molar-refractivity contribution is 5.87. The molecule has 0 aliphatic rings. The quantitative estimate of drug-likeness (QED) is 0.877. The molecule has 0 amide bonds. The Hall–Kier alpha value is -2.14. The third-order valence-electron chi connectivity index (χ3n) is 3.33. The Labute approximate surface area is 118 Å². The number of nitrogens with one attached hydrogen (secondary N) is 1. The summed E-state index contributed by atoms with van der Waals surface area (Å²) < 4.78 is 1.81. The molecule has 1 aromatic carbocycles. The minimum atomic E-state index is -0.899. The molecule has 0 fully saturated rings. The van der Waals surface area contributed by atoms with E-state index in [9.17, 15) is 4.79 Å². The second kappa shape index (κ2) is 5.88. The fourth-order valence-corrected chi connectivity index (χ4v) is 2.19. The molecule has 0 saturated carbocycles. The summed E-state index contributed by atoms with van der Waals surface area (Å²) in [5, 5.41) is 16.6. The molecule has 0 saturated heterocycles. The zero-order chi connectivity index (χ0) is 14.7. The van der Waals surface area contributed by atoms with E-state index in [1.807, 2.05) is 37.0 Å². The van der Waals surface area contributed by atoms with Crippen molar-refractivity contribution in [2.24, 2.45) is 7.05 Å². The summed E-state index contributed by atoms with van der Waals surface area (Å²) in [7, 11) is 1.91. The van der Waals surface area contributed by atoms with Crippen molar-refractivity contribution in [3.8, 4) is 0 Å². The minimum absolute atomic E-state index is 0.197. The topological polar surface area (TPSA) is 67.2 Å². The number of benzene rings is 1. The maximum Gasteiger partial charge on any atom is 0.335 e. The van der Waals surface area contributed by atoms with Crippen LogP contribution in [-0.2, 0) is 13.6 Å². The number of carboxylic acid groups (broad SMARTS) is 1. The number of aryl methyl sites for hydroxylation is 2. The second-order valence-electron chi connectivity index (χ2n) is 4.95. The molecule has 1 aromatic heterocycles. The average molecular weight is 273 g/mol. The highest BCUT2D eigenvalue weighted by atomic mass is 16.4. The van der Waals surface area contributed by atoms with Gasteiger partial charge in [0.05, 0.1) is 11.3 Å². The molecular weight excluding hydrogens is 254 g/mol. The number of hydrogen-bond acceptors (Lipinski definition) is 3. The first-order chi connectivity index (χ1) is 9.47. The minimum Gasteiger partial charge on any atom is -0.478 e. The van der Waals surface area contributed by atoms with Gasteiger partial charge in [0.15, 0.2) is 0 Å². The van der Waals surface area contributed by atoms with Gasteiger partial charge in [0.2, 0.25) is 0 Å². The van der Waals surface area contributed by atoms with Crippen molar-refractivity contribution >= 4 is 5.97 Å². The Morgan fingerprint density at radius 3 is 2.55 bits per heavy atom. The maximum absolute atomic E-state index is 10.8. The van der Waals surface area contributed by atoms with Gasteiger partial charge in [0, 0.05) is 31.4 Å². The normalized spacial score (nSPS) is 12.3. The van der Waals surface area contributed by atoms with Crippen molar-refractivity contribution in [1.82, 2.24) is 15.1 Å². The molecule has 2 rings (SSSR count). The molecule has 0 aliphatic carbocycles. The van der Waals surface area contributed by atoms with Gasteiger partial charge in [-0.3, -0.25) is 4.68 Å². The number of aromatic carboxylic acids is 1. The average Bonchev–Trinajstić information content (AvgIpc) is 2.75. The maximum atomic E-state index is 10.8. The van der Waals surface area contributed by atoms with Gasteiger partial charge in [0.1, 0.15) is 0 Å². The van der Waals surface area contributed by atoms with E-state index in [1.165, 1.54) is 5.56 Å². The molecule has 0 radical (unpaired) electrons. The highest BCUT2D eigenvalue weighted by Gasteiger charge is 2.11. The standard InChI is InChI=1S/C15H19N3O2/c1-10(14-9-18(3)17-11(14)2)16-8-12-4-6-13(7-5-12)15(19)20/h4-7,9-10,16H,8H2,1-3H3,(H,19,20). The van der Waals surface area contributed by atoms with Crippen molar-refractivity contribution in [3.05, 3.63) is 52.8 Å². The van der Waals surface area contributed by atoms with Crippen molar-refractivity contribution in [3.63, 3.8) is 0 Å². The first-order valence-corrected chi connectivity index (χ1v) is 6.53. The molecule has 20 heavy (non-hydrogen) atoms. The van der Waals surface area contributed by atoms with Crippen LogP contribution in [0, 0.1) is 6.92 Å². The van der Waals surface area contributed by atoms with Crippen LogP contribution in [0.25, 0.3) is 0 Å². The van der Waals surface area contributed by atoms with Crippen molar-refractivity contribution < 1.29 is 9.90 Å².